The maximum absolute atomic E-state index is 6.43. The van der Waals surface area contributed by atoms with Crippen LogP contribution in [0.15, 0.2) is 4.52 Å². The minimum Gasteiger partial charge on any atom is -0.355 e. The Kier molecular flexibility index (Phi) is 5.85. The van der Waals surface area contributed by atoms with Crippen LogP contribution in [-0.2, 0) is 21.7 Å². The van der Waals surface area contributed by atoms with Crippen molar-refractivity contribution in [2.24, 2.45) is 0 Å². The van der Waals surface area contributed by atoms with Gasteiger partial charge in [0.25, 0.3) is 0 Å². The molecular weight excluding hydrogens is 394 g/mol. The molecule has 8 nitrogen and oxygen atoms in total. The van der Waals surface area contributed by atoms with Gasteiger partial charge >= 0.3 is 0 Å². The zero-order chi connectivity index (χ0) is 20.4. The van der Waals surface area contributed by atoms with E-state index in [0.29, 0.717) is 41.3 Å². The largest absolute Gasteiger partial charge is 0.355 e. The minimum absolute atomic E-state index is 0.344. The number of aromatic amines is 1. The van der Waals surface area contributed by atoms with Gasteiger partial charge in [-0.15, -0.1) is 0 Å². The van der Waals surface area contributed by atoms with Crippen LogP contribution in [0, 0.1) is 6.92 Å². The molecule has 156 valence electrons. The highest BCUT2D eigenvalue weighted by molar-refractivity contribution is 6.34. The van der Waals surface area contributed by atoms with E-state index in [1.165, 1.54) is 0 Å². The third-order valence-corrected chi connectivity index (χ3v) is 5.56. The molecule has 0 radical (unpaired) electrons. The molecule has 0 atom stereocenters. The lowest BCUT2D eigenvalue weighted by Crippen LogP contribution is -2.28. The van der Waals surface area contributed by atoms with Gasteiger partial charge in [-0.1, -0.05) is 43.4 Å². The van der Waals surface area contributed by atoms with Gasteiger partial charge in [-0.3, -0.25) is 5.10 Å². The summed E-state index contributed by atoms with van der Waals surface area (Å²) < 4.78 is 17.9. The normalized spacial score (nSPS) is 16.1. The average Bonchev–Trinajstić information content (AvgIpc) is 3.43. The summed E-state index contributed by atoms with van der Waals surface area (Å²) in [4.78, 5) is 9.07. The number of fused-ring (bicyclic) bond motifs is 1. The number of aryl methyl sites for hydroxylation is 1. The van der Waals surface area contributed by atoms with Gasteiger partial charge < -0.3 is 14.0 Å². The fourth-order valence-corrected chi connectivity index (χ4v) is 4.05. The van der Waals surface area contributed by atoms with Crippen molar-refractivity contribution in [3.8, 4) is 11.5 Å². The second kappa shape index (κ2) is 8.38. The molecular formula is C20H26ClN5O3. The lowest BCUT2D eigenvalue weighted by atomic mass is 9.97. The van der Waals surface area contributed by atoms with Crippen molar-refractivity contribution in [2.45, 2.75) is 65.1 Å². The number of ether oxygens (including phenoxy) is 2. The van der Waals surface area contributed by atoms with Crippen LogP contribution in [0.3, 0.4) is 0 Å². The van der Waals surface area contributed by atoms with Crippen molar-refractivity contribution in [1.82, 2.24) is 25.3 Å². The van der Waals surface area contributed by atoms with Crippen molar-refractivity contribution in [3.63, 3.8) is 0 Å². The van der Waals surface area contributed by atoms with E-state index in [0.717, 1.165) is 55.2 Å². The molecule has 1 aliphatic heterocycles. The van der Waals surface area contributed by atoms with E-state index in [2.05, 4.69) is 39.2 Å². The van der Waals surface area contributed by atoms with Crippen LogP contribution in [0.25, 0.3) is 22.6 Å². The van der Waals surface area contributed by atoms with Crippen molar-refractivity contribution >= 4 is 22.6 Å². The molecule has 0 amide bonds. The van der Waals surface area contributed by atoms with Crippen LogP contribution in [0.1, 0.15) is 63.0 Å². The number of unbranched alkanes of at least 4 members (excludes halogenated alkanes) is 2. The molecule has 1 N–H and O–H groups in total. The summed E-state index contributed by atoms with van der Waals surface area (Å²) in [5.74, 6) is 0.143. The van der Waals surface area contributed by atoms with Crippen molar-refractivity contribution in [2.75, 3.05) is 13.2 Å². The Labute approximate surface area is 174 Å². The van der Waals surface area contributed by atoms with Gasteiger partial charge in [0, 0.05) is 17.7 Å². The van der Waals surface area contributed by atoms with Crippen LogP contribution >= 0.6 is 11.6 Å². The number of halogens is 1. The molecule has 4 heterocycles. The molecule has 0 saturated carbocycles. The summed E-state index contributed by atoms with van der Waals surface area (Å²) in [6.07, 6.45) is 5.49. The maximum atomic E-state index is 6.43. The van der Waals surface area contributed by atoms with E-state index >= 15 is 0 Å². The Bertz CT molecular complexity index is 994. The van der Waals surface area contributed by atoms with Crippen molar-refractivity contribution in [3.05, 3.63) is 22.2 Å². The van der Waals surface area contributed by atoms with Crippen LogP contribution in [0.5, 0.6) is 0 Å². The zero-order valence-electron chi connectivity index (χ0n) is 17.0. The first-order valence-electron chi connectivity index (χ1n) is 10.2. The Balaban J connectivity index is 1.82. The van der Waals surface area contributed by atoms with Crippen molar-refractivity contribution in [1.29, 1.82) is 0 Å². The molecule has 0 aromatic carbocycles. The standard InChI is InChI=1S/C20H26ClN5O3/c1-4-6-8-13-15(19-22-17(21)14-12(3)24-25-18(14)23-19)26-29-16(13)20(9-7-5-2)27-10-11-28-20/h4-11H2,1-3H3,(H,22,23,24,25). The highest BCUT2D eigenvalue weighted by Gasteiger charge is 2.44. The summed E-state index contributed by atoms with van der Waals surface area (Å²) in [5, 5.41) is 12.5. The van der Waals surface area contributed by atoms with Crippen molar-refractivity contribution < 1.29 is 14.0 Å². The number of hydrogen-bond donors (Lipinski definition) is 1. The Morgan fingerprint density at radius 3 is 2.59 bits per heavy atom. The first kappa shape index (κ1) is 20.3. The fourth-order valence-electron chi connectivity index (χ4n) is 3.75. The average molecular weight is 420 g/mol. The second-order valence-electron chi connectivity index (χ2n) is 7.38. The summed E-state index contributed by atoms with van der Waals surface area (Å²) in [5.41, 5.74) is 2.84. The Hall–Kier alpha value is -2.03. The fraction of sp³-hybridized carbons (Fsp3) is 0.600. The third kappa shape index (κ3) is 3.65. The van der Waals surface area contributed by atoms with Gasteiger partial charge in [-0.2, -0.15) is 5.10 Å². The molecule has 0 unspecified atom stereocenters. The van der Waals surface area contributed by atoms with Gasteiger partial charge in [-0.25, -0.2) is 9.97 Å². The molecule has 3 aromatic heterocycles. The van der Waals surface area contributed by atoms with Crippen LogP contribution in [0.4, 0.5) is 0 Å². The summed E-state index contributed by atoms with van der Waals surface area (Å²) in [6, 6.07) is 0. The quantitative estimate of drug-likeness (QED) is 0.528. The zero-order valence-corrected chi connectivity index (χ0v) is 17.8. The number of nitrogens with one attached hydrogen (secondary N) is 1. The van der Waals surface area contributed by atoms with Crippen LogP contribution in [0.2, 0.25) is 5.15 Å². The predicted octanol–water partition coefficient (Wildman–Crippen LogP) is 4.70. The topological polar surface area (TPSA) is 99.0 Å². The van der Waals surface area contributed by atoms with Gasteiger partial charge in [-0.05, 0) is 26.2 Å². The Morgan fingerprint density at radius 1 is 1.10 bits per heavy atom. The number of hydrogen-bond acceptors (Lipinski definition) is 7. The lowest BCUT2D eigenvalue weighted by molar-refractivity contribution is -0.186. The van der Waals surface area contributed by atoms with Gasteiger partial charge in [0.15, 0.2) is 22.9 Å². The SMILES string of the molecule is CCCCc1c(-c2nc(Cl)c3c(C)[nH]nc3n2)noc1C1(CCCC)OCCO1. The number of nitrogens with zero attached hydrogens (tertiary/aromatic N) is 4. The molecule has 1 saturated heterocycles. The highest BCUT2D eigenvalue weighted by atomic mass is 35.5. The molecule has 9 heteroatoms. The second-order valence-corrected chi connectivity index (χ2v) is 7.74. The minimum atomic E-state index is -0.888. The van der Waals surface area contributed by atoms with Gasteiger partial charge in [0.1, 0.15) is 5.15 Å². The molecule has 29 heavy (non-hydrogen) atoms. The molecule has 0 bridgehead atoms. The maximum Gasteiger partial charge on any atom is 0.231 e. The molecule has 0 spiro atoms. The van der Waals surface area contributed by atoms with Crippen LogP contribution < -0.4 is 0 Å². The highest BCUT2D eigenvalue weighted by Crippen LogP contribution is 2.41. The molecule has 3 aromatic rings. The molecule has 0 aliphatic carbocycles. The summed E-state index contributed by atoms with van der Waals surface area (Å²) >= 11 is 6.43. The lowest BCUT2D eigenvalue weighted by Gasteiger charge is -2.25. The third-order valence-electron chi connectivity index (χ3n) is 5.29. The summed E-state index contributed by atoms with van der Waals surface area (Å²) in [6.45, 7) is 7.25. The first-order chi connectivity index (χ1) is 14.1. The first-order valence-corrected chi connectivity index (χ1v) is 10.6. The number of aromatic nitrogens is 5. The predicted molar refractivity (Wildman–Crippen MR) is 109 cm³/mol. The van der Waals surface area contributed by atoms with Crippen LogP contribution in [-0.4, -0.2) is 38.5 Å². The Morgan fingerprint density at radius 2 is 1.86 bits per heavy atom. The van der Waals surface area contributed by atoms with Gasteiger partial charge in [0.05, 0.1) is 18.6 Å². The smallest absolute Gasteiger partial charge is 0.231 e. The van der Waals surface area contributed by atoms with E-state index in [1.54, 1.807) is 0 Å². The summed E-state index contributed by atoms with van der Waals surface area (Å²) in [7, 11) is 0. The van der Waals surface area contributed by atoms with E-state index in [-0.39, 0.29) is 0 Å². The van der Waals surface area contributed by atoms with E-state index in [1.807, 2.05) is 6.92 Å². The van der Waals surface area contributed by atoms with E-state index in [4.69, 9.17) is 25.6 Å². The molecule has 4 rings (SSSR count). The molecule has 1 fully saturated rings. The van der Waals surface area contributed by atoms with E-state index in [9.17, 15) is 0 Å². The number of rotatable bonds is 8. The monoisotopic (exact) mass is 419 g/mol. The molecule has 1 aliphatic rings. The van der Waals surface area contributed by atoms with Gasteiger partial charge in [0.2, 0.25) is 5.79 Å². The van der Waals surface area contributed by atoms with E-state index < -0.39 is 5.79 Å². The number of H-pyrrole nitrogens is 1.